The summed E-state index contributed by atoms with van der Waals surface area (Å²) in [7, 11) is 0. The van der Waals surface area contributed by atoms with Crippen molar-refractivity contribution in [1.29, 1.82) is 0 Å². The molecule has 7 heteroatoms. The van der Waals surface area contributed by atoms with Gasteiger partial charge < -0.3 is 20.9 Å². The molecule has 2 aliphatic heterocycles. The fourth-order valence-electron chi connectivity index (χ4n) is 3.47. The quantitative estimate of drug-likeness (QED) is 0.745. The van der Waals surface area contributed by atoms with Gasteiger partial charge in [-0.1, -0.05) is 24.3 Å². The number of nitrogens with one attached hydrogen (secondary N) is 3. The molecular formula is C19H24N4O3. The second kappa shape index (κ2) is 7.59. The van der Waals surface area contributed by atoms with E-state index in [1.54, 1.807) is 13.8 Å². The minimum Gasteiger partial charge on any atom is -0.348 e. The van der Waals surface area contributed by atoms with Crippen LogP contribution in [0.2, 0.25) is 0 Å². The number of benzene rings is 1. The van der Waals surface area contributed by atoms with Gasteiger partial charge in [-0.2, -0.15) is 0 Å². The zero-order valence-electron chi connectivity index (χ0n) is 15.1. The zero-order chi connectivity index (χ0) is 18.7. The molecule has 2 aliphatic rings. The van der Waals surface area contributed by atoms with Crippen molar-refractivity contribution in [2.24, 2.45) is 0 Å². The summed E-state index contributed by atoms with van der Waals surface area (Å²) in [5.41, 5.74) is 3.11. The van der Waals surface area contributed by atoms with Gasteiger partial charge in [0.05, 0.1) is 11.6 Å². The molecular weight excluding hydrogens is 332 g/mol. The van der Waals surface area contributed by atoms with E-state index < -0.39 is 0 Å². The van der Waals surface area contributed by atoms with Crippen molar-refractivity contribution >= 4 is 17.8 Å². The molecule has 4 amide bonds. The molecule has 26 heavy (non-hydrogen) atoms. The molecule has 3 N–H and O–H groups in total. The summed E-state index contributed by atoms with van der Waals surface area (Å²) < 4.78 is 0. The summed E-state index contributed by atoms with van der Waals surface area (Å²) in [5.74, 6) is -0.0305. The number of amides is 4. The van der Waals surface area contributed by atoms with E-state index in [1.165, 1.54) is 0 Å². The minimum absolute atomic E-state index is 0.183. The minimum atomic E-state index is -0.346. The average molecular weight is 356 g/mol. The van der Waals surface area contributed by atoms with Gasteiger partial charge in [0.25, 0.3) is 5.91 Å². The van der Waals surface area contributed by atoms with Gasteiger partial charge in [-0.15, -0.1) is 0 Å². The Kier molecular flexibility index (Phi) is 5.25. The topological polar surface area (TPSA) is 90.5 Å². The van der Waals surface area contributed by atoms with Gasteiger partial charge in [0.2, 0.25) is 5.91 Å². The SMILES string of the molecule is CC1=C(C(=O)NCc2ccccc2CN2CCCC2=O)[C@@H](C)NC(=O)N1. The highest BCUT2D eigenvalue weighted by atomic mass is 16.2. The second-order valence-electron chi connectivity index (χ2n) is 6.73. The van der Waals surface area contributed by atoms with E-state index in [9.17, 15) is 14.4 Å². The van der Waals surface area contributed by atoms with Gasteiger partial charge >= 0.3 is 6.03 Å². The zero-order valence-corrected chi connectivity index (χ0v) is 15.1. The first-order chi connectivity index (χ1) is 12.5. The molecule has 1 aromatic carbocycles. The highest BCUT2D eigenvalue weighted by molar-refractivity contribution is 5.98. The Morgan fingerprint density at radius 2 is 2.00 bits per heavy atom. The summed E-state index contributed by atoms with van der Waals surface area (Å²) in [4.78, 5) is 37.8. The fourth-order valence-corrected chi connectivity index (χ4v) is 3.47. The molecule has 0 aliphatic carbocycles. The number of carbonyl (C=O) groups excluding carboxylic acids is 3. The van der Waals surface area contributed by atoms with E-state index in [0.29, 0.717) is 30.8 Å². The van der Waals surface area contributed by atoms with Crippen LogP contribution in [0.15, 0.2) is 35.5 Å². The standard InChI is InChI=1S/C19H24N4O3/c1-12-17(13(2)22-19(26)21-12)18(25)20-10-14-6-3-4-7-15(14)11-23-9-5-8-16(23)24/h3-4,6-7,12H,5,8-11H2,1-2H3,(H,20,25)(H2,21,22,26)/t12-/m1/s1. The Labute approximate surface area is 152 Å². The summed E-state index contributed by atoms with van der Waals surface area (Å²) in [5, 5.41) is 8.25. The van der Waals surface area contributed by atoms with E-state index in [0.717, 1.165) is 24.1 Å². The molecule has 1 fully saturated rings. The van der Waals surface area contributed by atoms with Crippen LogP contribution in [0.5, 0.6) is 0 Å². The first-order valence-corrected chi connectivity index (χ1v) is 8.86. The largest absolute Gasteiger partial charge is 0.348 e. The predicted octanol–water partition coefficient (Wildman–Crippen LogP) is 1.40. The number of likely N-dealkylation sites (tertiary alicyclic amines) is 1. The maximum atomic E-state index is 12.6. The molecule has 1 saturated heterocycles. The third-order valence-electron chi connectivity index (χ3n) is 4.82. The average Bonchev–Trinajstić information content (AvgIpc) is 2.98. The molecule has 0 radical (unpaired) electrons. The number of rotatable bonds is 5. The summed E-state index contributed by atoms with van der Waals surface area (Å²) in [6, 6.07) is 7.17. The van der Waals surface area contributed by atoms with Gasteiger partial charge in [0.1, 0.15) is 0 Å². The van der Waals surface area contributed by atoms with E-state index in [4.69, 9.17) is 0 Å². The molecule has 0 unspecified atom stereocenters. The van der Waals surface area contributed by atoms with Crippen molar-refractivity contribution < 1.29 is 14.4 Å². The molecule has 0 saturated carbocycles. The second-order valence-corrected chi connectivity index (χ2v) is 6.73. The van der Waals surface area contributed by atoms with Gasteiger partial charge in [-0.25, -0.2) is 4.79 Å². The van der Waals surface area contributed by atoms with Crippen molar-refractivity contribution in [3.63, 3.8) is 0 Å². The lowest BCUT2D eigenvalue weighted by atomic mass is 10.0. The Balaban J connectivity index is 1.68. The van der Waals surface area contributed by atoms with E-state index in [-0.39, 0.29) is 23.9 Å². The molecule has 0 spiro atoms. The molecule has 2 heterocycles. The molecule has 7 nitrogen and oxygen atoms in total. The lowest BCUT2D eigenvalue weighted by Crippen LogP contribution is -2.50. The molecule has 1 atom stereocenters. The van der Waals surface area contributed by atoms with Gasteiger partial charge in [-0.3, -0.25) is 9.59 Å². The monoisotopic (exact) mass is 356 g/mol. The normalized spacial score (nSPS) is 20.1. The van der Waals surface area contributed by atoms with Gasteiger partial charge in [0, 0.05) is 31.8 Å². The van der Waals surface area contributed by atoms with E-state index >= 15 is 0 Å². The van der Waals surface area contributed by atoms with Crippen LogP contribution in [-0.4, -0.2) is 35.3 Å². The van der Waals surface area contributed by atoms with Crippen LogP contribution in [-0.2, 0) is 22.7 Å². The smallest absolute Gasteiger partial charge is 0.319 e. The van der Waals surface area contributed by atoms with Crippen molar-refractivity contribution in [3.05, 3.63) is 46.7 Å². The van der Waals surface area contributed by atoms with Gasteiger partial charge in [0.15, 0.2) is 0 Å². The number of urea groups is 1. The van der Waals surface area contributed by atoms with Crippen LogP contribution in [0.4, 0.5) is 4.79 Å². The summed E-state index contributed by atoms with van der Waals surface area (Å²) in [6.45, 7) is 5.23. The lowest BCUT2D eigenvalue weighted by Gasteiger charge is -2.25. The van der Waals surface area contributed by atoms with Crippen LogP contribution in [0.25, 0.3) is 0 Å². The van der Waals surface area contributed by atoms with Crippen molar-refractivity contribution in [1.82, 2.24) is 20.9 Å². The third kappa shape index (κ3) is 3.87. The number of allylic oxidation sites excluding steroid dienone is 1. The molecule has 0 bridgehead atoms. The van der Waals surface area contributed by atoms with Crippen LogP contribution in [0, 0.1) is 0 Å². The number of hydrogen-bond acceptors (Lipinski definition) is 3. The highest BCUT2D eigenvalue weighted by Crippen LogP contribution is 2.18. The van der Waals surface area contributed by atoms with Crippen LogP contribution >= 0.6 is 0 Å². The van der Waals surface area contributed by atoms with E-state index in [1.807, 2.05) is 29.2 Å². The third-order valence-corrected chi connectivity index (χ3v) is 4.82. The number of nitrogens with zero attached hydrogens (tertiary/aromatic N) is 1. The van der Waals surface area contributed by atoms with Crippen LogP contribution < -0.4 is 16.0 Å². The van der Waals surface area contributed by atoms with Crippen molar-refractivity contribution in [3.8, 4) is 0 Å². The summed E-state index contributed by atoms with van der Waals surface area (Å²) >= 11 is 0. The summed E-state index contributed by atoms with van der Waals surface area (Å²) in [6.07, 6.45) is 1.52. The lowest BCUT2D eigenvalue weighted by molar-refractivity contribution is -0.128. The first kappa shape index (κ1) is 18.0. The van der Waals surface area contributed by atoms with Crippen LogP contribution in [0.1, 0.15) is 37.8 Å². The maximum Gasteiger partial charge on any atom is 0.319 e. The predicted molar refractivity (Wildman–Crippen MR) is 96.8 cm³/mol. The fraction of sp³-hybridized carbons (Fsp3) is 0.421. The van der Waals surface area contributed by atoms with Crippen molar-refractivity contribution in [2.45, 2.75) is 45.8 Å². The Hall–Kier alpha value is -2.83. The molecule has 138 valence electrons. The first-order valence-electron chi connectivity index (χ1n) is 8.86. The Morgan fingerprint density at radius 3 is 2.65 bits per heavy atom. The number of hydrogen-bond donors (Lipinski definition) is 3. The van der Waals surface area contributed by atoms with E-state index in [2.05, 4.69) is 16.0 Å². The molecule has 1 aromatic rings. The number of carbonyl (C=O) groups is 3. The maximum absolute atomic E-state index is 12.6. The molecule has 3 rings (SSSR count). The molecule has 0 aromatic heterocycles. The van der Waals surface area contributed by atoms with Gasteiger partial charge in [-0.05, 0) is 31.4 Å². The van der Waals surface area contributed by atoms with Crippen molar-refractivity contribution in [2.75, 3.05) is 6.54 Å². The Bertz CT molecular complexity index is 772. The Morgan fingerprint density at radius 1 is 1.27 bits per heavy atom. The highest BCUT2D eigenvalue weighted by Gasteiger charge is 2.26. The van der Waals surface area contributed by atoms with Crippen LogP contribution in [0.3, 0.4) is 0 Å².